The van der Waals surface area contributed by atoms with E-state index >= 15 is 0 Å². The van der Waals surface area contributed by atoms with Crippen LogP contribution >= 0.6 is 11.8 Å². The fourth-order valence-electron chi connectivity index (χ4n) is 5.24. The number of carbonyl (C=O) groups is 1. The quantitative estimate of drug-likeness (QED) is 0.356. The van der Waals surface area contributed by atoms with Crippen molar-refractivity contribution in [2.24, 2.45) is 22.2 Å². The molecule has 0 atom stereocenters. The van der Waals surface area contributed by atoms with Crippen LogP contribution in [0.15, 0.2) is 33.9 Å². The summed E-state index contributed by atoms with van der Waals surface area (Å²) in [5.74, 6) is 1.67. The summed E-state index contributed by atoms with van der Waals surface area (Å²) < 4.78 is 17.7. The second-order valence-corrected chi connectivity index (χ2v) is 13.2. The van der Waals surface area contributed by atoms with E-state index in [2.05, 4.69) is 48.5 Å². The van der Waals surface area contributed by atoms with Gasteiger partial charge in [-0.15, -0.1) is 10.2 Å². The molecular weight excluding hydrogens is 488 g/mol. The van der Waals surface area contributed by atoms with E-state index in [9.17, 15) is 4.79 Å². The predicted molar refractivity (Wildman–Crippen MR) is 146 cm³/mol. The molecule has 0 radical (unpaired) electrons. The monoisotopic (exact) mass is 530 g/mol. The maximum atomic E-state index is 12.6. The lowest BCUT2D eigenvalue weighted by Gasteiger charge is -2.57. The van der Waals surface area contributed by atoms with Crippen molar-refractivity contribution < 1.29 is 18.7 Å². The van der Waals surface area contributed by atoms with E-state index in [1.807, 2.05) is 37.6 Å². The van der Waals surface area contributed by atoms with E-state index in [-0.39, 0.29) is 22.7 Å². The fourth-order valence-corrected chi connectivity index (χ4v) is 5.53. The second-order valence-electron chi connectivity index (χ2n) is 12.4. The highest BCUT2D eigenvalue weighted by Gasteiger charge is 2.54. The number of nitrogens with zero attached hydrogens (tertiary/aromatic N) is 2. The van der Waals surface area contributed by atoms with E-state index in [0.717, 1.165) is 24.2 Å². The van der Waals surface area contributed by atoms with Crippen molar-refractivity contribution in [1.82, 2.24) is 20.8 Å². The minimum atomic E-state index is -0.161. The minimum absolute atomic E-state index is 0.136. The van der Waals surface area contributed by atoms with Crippen LogP contribution in [0.2, 0.25) is 0 Å². The summed E-state index contributed by atoms with van der Waals surface area (Å²) in [5, 5.41) is 15.1. The Morgan fingerprint density at radius 3 is 2.35 bits per heavy atom. The van der Waals surface area contributed by atoms with Gasteiger partial charge >= 0.3 is 0 Å². The largest absolute Gasteiger partial charge is 0.493 e. The van der Waals surface area contributed by atoms with Gasteiger partial charge in [0.25, 0.3) is 5.22 Å². The molecule has 0 aliphatic heterocycles. The number of hydrogen-bond acceptors (Lipinski definition) is 8. The van der Waals surface area contributed by atoms with Crippen LogP contribution in [0.4, 0.5) is 0 Å². The standard InChI is InChI=1S/C28H42N4O4S/c1-26(2,15-30-23(33)20-11-28(12-20)13-21(14-28)29-5)16-34-17-27(3,4)18-35-22-9-7-19(8-10-22)24-31-32-25(36-24)37-6/h7-10,20-21,29H,11-18H2,1-6H3,(H,30,33). The molecule has 4 rings (SSSR count). The molecule has 2 aliphatic carbocycles. The number of thioether (sulfide) groups is 1. The molecule has 0 saturated heterocycles. The normalized spacial score (nSPS) is 23.4. The molecule has 8 nitrogen and oxygen atoms in total. The molecule has 37 heavy (non-hydrogen) atoms. The molecule has 2 aromatic rings. The van der Waals surface area contributed by atoms with Crippen molar-refractivity contribution in [3.8, 4) is 17.2 Å². The lowest BCUT2D eigenvalue weighted by atomic mass is 9.50. The lowest BCUT2D eigenvalue weighted by Crippen LogP contribution is -2.57. The third kappa shape index (κ3) is 7.27. The average Bonchev–Trinajstić information content (AvgIpc) is 3.29. The first-order valence-corrected chi connectivity index (χ1v) is 14.4. The van der Waals surface area contributed by atoms with Gasteiger partial charge in [0.15, 0.2) is 0 Å². The van der Waals surface area contributed by atoms with Gasteiger partial charge in [-0.3, -0.25) is 4.79 Å². The average molecular weight is 531 g/mol. The van der Waals surface area contributed by atoms with Crippen LogP contribution in [0.1, 0.15) is 53.4 Å². The molecule has 1 aromatic carbocycles. The summed E-state index contributed by atoms with van der Waals surface area (Å²) in [7, 11) is 2.03. The number of nitrogens with one attached hydrogen (secondary N) is 2. The Morgan fingerprint density at radius 1 is 1.05 bits per heavy atom. The van der Waals surface area contributed by atoms with Crippen LogP contribution in [0, 0.1) is 22.2 Å². The van der Waals surface area contributed by atoms with E-state index in [1.54, 1.807) is 0 Å². The van der Waals surface area contributed by atoms with Crippen molar-refractivity contribution in [2.45, 2.75) is 64.6 Å². The van der Waals surface area contributed by atoms with Gasteiger partial charge in [-0.05, 0) is 68.7 Å². The first-order valence-electron chi connectivity index (χ1n) is 13.2. The second kappa shape index (κ2) is 11.3. The SMILES string of the molecule is CNC1CC2(C1)CC(C(=O)NCC(C)(C)COCC(C)(C)COc1ccc(-c3nnc(SC)o3)cc1)C2. The zero-order valence-electron chi connectivity index (χ0n) is 23.1. The first kappa shape index (κ1) is 27.9. The van der Waals surface area contributed by atoms with E-state index in [1.165, 1.54) is 24.6 Å². The van der Waals surface area contributed by atoms with Crippen LogP contribution < -0.4 is 15.4 Å². The number of carbonyl (C=O) groups excluding carboxylic acids is 1. The van der Waals surface area contributed by atoms with Crippen LogP contribution in [0.5, 0.6) is 5.75 Å². The zero-order chi connectivity index (χ0) is 26.7. The summed E-state index contributed by atoms with van der Waals surface area (Å²) in [6, 6.07) is 8.31. The van der Waals surface area contributed by atoms with E-state index < -0.39 is 0 Å². The van der Waals surface area contributed by atoms with Gasteiger partial charge in [0, 0.05) is 34.9 Å². The summed E-state index contributed by atoms with van der Waals surface area (Å²) in [4.78, 5) is 12.6. The Bertz CT molecular complexity index is 1040. The van der Waals surface area contributed by atoms with Crippen LogP contribution in [0.25, 0.3) is 11.5 Å². The molecule has 2 aliphatic rings. The molecule has 0 unspecified atom stereocenters. The Balaban J connectivity index is 1.13. The van der Waals surface area contributed by atoms with Crippen molar-refractivity contribution in [2.75, 3.05) is 39.7 Å². The van der Waals surface area contributed by atoms with Gasteiger partial charge in [-0.1, -0.05) is 39.5 Å². The minimum Gasteiger partial charge on any atom is -0.493 e. The summed E-state index contributed by atoms with van der Waals surface area (Å²) >= 11 is 1.42. The van der Waals surface area contributed by atoms with Gasteiger partial charge in [-0.25, -0.2) is 0 Å². The first-order chi connectivity index (χ1) is 17.5. The molecule has 1 heterocycles. The van der Waals surface area contributed by atoms with Crippen molar-refractivity contribution >= 4 is 17.7 Å². The van der Waals surface area contributed by atoms with E-state index in [4.69, 9.17) is 13.9 Å². The molecule has 0 bridgehead atoms. The third-order valence-electron chi connectivity index (χ3n) is 7.54. The lowest BCUT2D eigenvalue weighted by molar-refractivity contribution is -0.139. The van der Waals surface area contributed by atoms with Crippen LogP contribution in [0.3, 0.4) is 0 Å². The molecule has 9 heteroatoms. The Hall–Kier alpha value is -2.10. The van der Waals surface area contributed by atoms with Crippen LogP contribution in [-0.2, 0) is 9.53 Å². The van der Waals surface area contributed by atoms with Crippen molar-refractivity contribution in [1.29, 1.82) is 0 Å². The molecule has 204 valence electrons. The molecular formula is C28H42N4O4S. The molecule has 2 N–H and O–H groups in total. The van der Waals surface area contributed by atoms with Gasteiger partial charge in [0.1, 0.15) is 5.75 Å². The molecule has 2 saturated carbocycles. The fraction of sp³-hybridized carbons (Fsp3) is 0.679. The molecule has 1 amide bonds. The van der Waals surface area contributed by atoms with Crippen molar-refractivity contribution in [3.05, 3.63) is 24.3 Å². The highest BCUT2D eigenvalue weighted by Crippen LogP contribution is 2.58. The number of rotatable bonds is 13. The Labute approximate surface area is 225 Å². The van der Waals surface area contributed by atoms with Gasteiger partial charge in [0.05, 0.1) is 19.8 Å². The summed E-state index contributed by atoms with van der Waals surface area (Å²) in [6.45, 7) is 10.8. The molecule has 1 spiro atoms. The molecule has 2 fully saturated rings. The van der Waals surface area contributed by atoms with Crippen LogP contribution in [-0.4, -0.2) is 61.8 Å². The maximum Gasteiger partial charge on any atom is 0.276 e. The highest BCUT2D eigenvalue weighted by atomic mass is 32.2. The maximum absolute atomic E-state index is 12.6. The smallest absolute Gasteiger partial charge is 0.276 e. The molecule has 1 aromatic heterocycles. The van der Waals surface area contributed by atoms with Crippen molar-refractivity contribution in [3.63, 3.8) is 0 Å². The topological polar surface area (TPSA) is 98.5 Å². The van der Waals surface area contributed by atoms with E-state index in [0.29, 0.717) is 48.9 Å². The Kier molecular flexibility index (Phi) is 8.55. The summed E-state index contributed by atoms with van der Waals surface area (Å²) in [5.41, 5.74) is 1.00. The zero-order valence-corrected chi connectivity index (χ0v) is 23.9. The number of benzene rings is 1. The summed E-state index contributed by atoms with van der Waals surface area (Å²) in [6.07, 6.45) is 6.42. The number of amides is 1. The number of aromatic nitrogens is 2. The van der Waals surface area contributed by atoms with Gasteiger partial charge < -0.3 is 24.5 Å². The Morgan fingerprint density at radius 2 is 1.73 bits per heavy atom. The number of ether oxygens (including phenoxy) is 2. The highest BCUT2D eigenvalue weighted by molar-refractivity contribution is 7.98. The predicted octanol–water partition coefficient (Wildman–Crippen LogP) is 4.80. The number of hydrogen-bond donors (Lipinski definition) is 2. The van der Waals surface area contributed by atoms with Gasteiger partial charge in [0.2, 0.25) is 11.8 Å². The third-order valence-corrected chi connectivity index (χ3v) is 8.05. The van der Waals surface area contributed by atoms with Gasteiger partial charge in [-0.2, -0.15) is 0 Å².